The molecule has 1 aliphatic rings. The lowest BCUT2D eigenvalue weighted by Crippen LogP contribution is -2.44. The molecule has 0 atom stereocenters. The van der Waals surface area contributed by atoms with Gasteiger partial charge in [0.25, 0.3) is 0 Å². The smallest absolute Gasteiger partial charge is 0.419 e. The van der Waals surface area contributed by atoms with Crippen molar-refractivity contribution in [1.82, 2.24) is 10.2 Å². The second-order valence-corrected chi connectivity index (χ2v) is 4.43. The fourth-order valence-electron chi connectivity index (χ4n) is 2.05. The van der Waals surface area contributed by atoms with Gasteiger partial charge in [-0.3, -0.25) is 4.90 Å². The number of benzene rings is 1. The van der Waals surface area contributed by atoms with Gasteiger partial charge in [0.2, 0.25) is 0 Å². The van der Waals surface area contributed by atoms with Crippen LogP contribution in [0, 0.1) is 0 Å². The predicted octanol–water partition coefficient (Wildman–Crippen LogP) is 1.99. The van der Waals surface area contributed by atoms with Crippen molar-refractivity contribution in [3.63, 3.8) is 0 Å². The van der Waals surface area contributed by atoms with Crippen molar-refractivity contribution in [2.75, 3.05) is 39.3 Å². The van der Waals surface area contributed by atoms with Crippen molar-refractivity contribution < 1.29 is 17.9 Å². The molecule has 3 nitrogen and oxygen atoms in total. The van der Waals surface area contributed by atoms with Crippen LogP contribution >= 0.6 is 0 Å². The highest BCUT2D eigenvalue weighted by molar-refractivity contribution is 5.35. The summed E-state index contributed by atoms with van der Waals surface area (Å²) in [7, 11) is 0. The third-order valence-electron chi connectivity index (χ3n) is 3.07. The molecular formula is C13H17F3N2O. The normalized spacial score (nSPS) is 17.4. The van der Waals surface area contributed by atoms with Gasteiger partial charge in [0, 0.05) is 32.7 Å². The van der Waals surface area contributed by atoms with E-state index in [0.717, 1.165) is 32.2 Å². The fourth-order valence-corrected chi connectivity index (χ4v) is 2.05. The second-order valence-electron chi connectivity index (χ2n) is 4.43. The summed E-state index contributed by atoms with van der Waals surface area (Å²) in [5, 5.41) is 3.22. The quantitative estimate of drug-likeness (QED) is 0.908. The molecule has 1 aromatic rings. The zero-order valence-corrected chi connectivity index (χ0v) is 10.5. The minimum atomic E-state index is -4.37. The van der Waals surface area contributed by atoms with Crippen LogP contribution in [0.25, 0.3) is 0 Å². The third-order valence-corrected chi connectivity index (χ3v) is 3.07. The maximum absolute atomic E-state index is 12.7. The van der Waals surface area contributed by atoms with E-state index in [1.807, 2.05) is 0 Å². The van der Waals surface area contributed by atoms with E-state index in [0.29, 0.717) is 6.54 Å². The Morgan fingerprint density at radius 1 is 1.16 bits per heavy atom. The molecule has 1 heterocycles. The molecule has 6 heteroatoms. The predicted molar refractivity (Wildman–Crippen MR) is 66.2 cm³/mol. The van der Waals surface area contributed by atoms with Gasteiger partial charge in [-0.1, -0.05) is 12.1 Å². The standard InChI is InChI=1S/C13H17F3N2O/c14-13(15,16)11-3-1-2-4-12(11)19-10-9-18-7-5-17-6-8-18/h1-4,17H,5-10H2. The Morgan fingerprint density at radius 3 is 2.53 bits per heavy atom. The summed E-state index contributed by atoms with van der Waals surface area (Å²) in [6, 6.07) is 5.32. The summed E-state index contributed by atoms with van der Waals surface area (Å²) in [6.07, 6.45) is -4.37. The molecule has 0 aromatic heterocycles. The summed E-state index contributed by atoms with van der Waals surface area (Å²) < 4.78 is 43.5. The number of para-hydroxylation sites is 1. The first-order valence-electron chi connectivity index (χ1n) is 6.29. The maximum Gasteiger partial charge on any atom is 0.419 e. The maximum atomic E-state index is 12.7. The zero-order chi connectivity index (χ0) is 13.7. The number of piperazine rings is 1. The third kappa shape index (κ3) is 4.11. The number of hydrogen-bond donors (Lipinski definition) is 1. The fraction of sp³-hybridized carbons (Fsp3) is 0.538. The van der Waals surface area contributed by atoms with Gasteiger partial charge in [-0.15, -0.1) is 0 Å². The monoisotopic (exact) mass is 274 g/mol. The lowest BCUT2D eigenvalue weighted by Gasteiger charge is -2.27. The molecule has 19 heavy (non-hydrogen) atoms. The largest absolute Gasteiger partial charge is 0.492 e. The van der Waals surface area contributed by atoms with Crippen LogP contribution in [-0.2, 0) is 6.18 Å². The highest BCUT2D eigenvalue weighted by atomic mass is 19.4. The van der Waals surface area contributed by atoms with E-state index in [1.165, 1.54) is 12.1 Å². The summed E-state index contributed by atoms with van der Waals surface area (Å²) >= 11 is 0. The number of nitrogens with zero attached hydrogens (tertiary/aromatic N) is 1. The molecule has 1 aromatic carbocycles. The molecule has 0 saturated carbocycles. The average Bonchev–Trinajstić information content (AvgIpc) is 2.39. The van der Waals surface area contributed by atoms with Gasteiger partial charge < -0.3 is 10.1 Å². The Bertz CT molecular complexity index is 403. The molecule has 0 unspecified atom stereocenters. The number of alkyl halides is 3. The van der Waals surface area contributed by atoms with Crippen molar-refractivity contribution in [1.29, 1.82) is 0 Å². The van der Waals surface area contributed by atoms with Gasteiger partial charge in [-0.05, 0) is 12.1 Å². The number of nitrogens with one attached hydrogen (secondary N) is 1. The van der Waals surface area contributed by atoms with Crippen molar-refractivity contribution >= 4 is 0 Å². The SMILES string of the molecule is FC(F)(F)c1ccccc1OCCN1CCNCC1. The molecule has 106 valence electrons. The first kappa shape index (κ1) is 14.1. The topological polar surface area (TPSA) is 24.5 Å². The van der Waals surface area contributed by atoms with Gasteiger partial charge in [0.1, 0.15) is 12.4 Å². The molecule has 0 bridgehead atoms. The van der Waals surface area contributed by atoms with E-state index in [-0.39, 0.29) is 12.4 Å². The van der Waals surface area contributed by atoms with Crippen molar-refractivity contribution in [2.24, 2.45) is 0 Å². The molecule has 1 aliphatic heterocycles. The number of rotatable bonds is 4. The lowest BCUT2D eigenvalue weighted by atomic mass is 10.2. The van der Waals surface area contributed by atoms with Gasteiger partial charge in [-0.25, -0.2) is 0 Å². The zero-order valence-electron chi connectivity index (χ0n) is 10.5. The minimum absolute atomic E-state index is 0.0925. The first-order valence-corrected chi connectivity index (χ1v) is 6.29. The Hall–Kier alpha value is -1.27. The van der Waals surface area contributed by atoms with Crippen molar-refractivity contribution in [2.45, 2.75) is 6.18 Å². The van der Waals surface area contributed by atoms with Gasteiger partial charge in [0.15, 0.2) is 0 Å². The van der Waals surface area contributed by atoms with Crippen LogP contribution in [0.1, 0.15) is 5.56 Å². The van der Waals surface area contributed by atoms with Crippen molar-refractivity contribution in [3.8, 4) is 5.75 Å². The summed E-state index contributed by atoms with van der Waals surface area (Å²) in [5.41, 5.74) is -0.713. The van der Waals surface area contributed by atoms with E-state index in [4.69, 9.17) is 4.74 Å². The number of halogens is 3. The Labute approximate surface area is 110 Å². The highest BCUT2D eigenvalue weighted by Crippen LogP contribution is 2.35. The summed E-state index contributed by atoms with van der Waals surface area (Å²) in [6.45, 7) is 4.56. The Morgan fingerprint density at radius 2 is 1.84 bits per heavy atom. The summed E-state index contributed by atoms with van der Waals surface area (Å²) in [4.78, 5) is 2.17. The van der Waals surface area contributed by atoms with Crippen LogP contribution in [0.5, 0.6) is 5.75 Å². The van der Waals surface area contributed by atoms with Crippen molar-refractivity contribution in [3.05, 3.63) is 29.8 Å². The van der Waals surface area contributed by atoms with Crippen LogP contribution in [0.3, 0.4) is 0 Å². The molecule has 1 N–H and O–H groups in total. The molecule has 1 saturated heterocycles. The minimum Gasteiger partial charge on any atom is -0.492 e. The van der Waals surface area contributed by atoms with Crippen LogP contribution in [0.2, 0.25) is 0 Å². The number of ether oxygens (including phenoxy) is 1. The first-order chi connectivity index (χ1) is 9.07. The molecule has 2 rings (SSSR count). The highest BCUT2D eigenvalue weighted by Gasteiger charge is 2.33. The van der Waals surface area contributed by atoms with E-state index in [1.54, 1.807) is 6.07 Å². The van der Waals surface area contributed by atoms with Gasteiger partial charge in [0.05, 0.1) is 5.56 Å². The van der Waals surface area contributed by atoms with Crippen LogP contribution in [0.4, 0.5) is 13.2 Å². The van der Waals surface area contributed by atoms with E-state index in [9.17, 15) is 13.2 Å². The molecule has 0 radical (unpaired) electrons. The van der Waals surface area contributed by atoms with Crippen LogP contribution < -0.4 is 10.1 Å². The number of hydrogen-bond acceptors (Lipinski definition) is 3. The molecule has 0 aliphatic carbocycles. The average molecular weight is 274 g/mol. The van der Waals surface area contributed by atoms with Crippen LogP contribution in [0.15, 0.2) is 24.3 Å². The second kappa shape index (κ2) is 6.25. The lowest BCUT2D eigenvalue weighted by molar-refractivity contribution is -0.139. The Kier molecular flexibility index (Phi) is 4.66. The van der Waals surface area contributed by atoms with E-state index in [2.05, 4.69) is 10.2 Å². The molecule has 0 amide bonds. The van der Waals surface area contributed by atoms with Gasteiger partial charge in [-0.2, -0.15) is 13.2 Å². The van der Waals surface area contributed by atoms with Gasteiger partial charge >= 0.3 is 6.18 Å². The van der Waals surface area contributed by atoms with Crippen LogP contribution in [-0.4, -0.2) is 44.2 Å². The molecule has 0 spiro atoms. The molecular weight excluding hydrogens is 257 g/mol. The summed E-state index contributed by atoms with van der Waals surface area (Å²) in [5.74, 6) is -0.0925. The van der Waals surface area contributed by atoms with E-state index < -0.39 is 11.7 Å². The Balaban J connectivity index is 1.88. The van der Waals surface area contributed by atoms with E-state index >= 15 is 0 Å². The molecule has 1 fully saturated rings.